The van der Waals surface area contributed by atoms with Gasteiger partial charge in [0, 0.05) is 5.38 Å². The van der Waals surface area contributed by atoms with Crippen LogP contribution in [0, 0.1) is 0 Å². The summed E-state index contributed by atoms with van der Waals surface area (Å²) in [5, 5.41) is 10.7. The first-order valence-corrected chi connectivity index (χ1v) is 4.14. The molecule has 3 N–H and O–H groups in total. The van der Waals surface area contributed by atoms with E-state index in [1.165, 1.54) is 17.4 Å². The predicted molar refractivity (Wildman–Crippen MR) is 47.8 cm³/mol. The molecular weight excluding hydrogens is 176 g/mol. The van der Waals surface area contributed by atoms with E-state index in [0.717, 1.165) is 0 Å². The summed E-state index contributed by atoms with van der Waals surface area (Å²) in [4.78, 5) is 14.4. The molecule has 5 heteroatoms. The predicted octanol–water partition coefficient (Wildman–Crippen LogP) is 1.21. The molecule has 0 aliphatic heterocycles. The molecule has 64 valence electrons. The van der Waals surface area contributed by atoms with Crippen LogP contribution in [-0.2, 0) is 4.79 Å². The number of aliphatic carboxylic acids is 1. The molecule has 1 heterocycles. The Bertz CT molecular complexity index is 330. The highest BCUT2D eigenvalue weighted by Gasteiger charge is 2.11. The average molecular weight is 184 g/mol. The lowest BCUT2D eigenvalue weighted by molar-refractivity contribution is -0.130. The molecule has 0 saturated carbocycles. The van der Waals surface area contributed by atoms with Gasteiger partial charge >= 0.3 is 5.97 Å². The van der Waals surface area contributed by atoms with E-state index in [1.807, 2.05) is 0 Å². The van der Waals surface area contributed by atoms with Crippen molar-refractivity contribution < 1.29 is 9.90 Å². The Morgan fingerprint density at radius 1 is 1.83 bits per heavy atom. The van der Waals surface area contributed by atoms with Crippen LogP contribution in [0.3, 0.4) is 0 Å². The Hall–Kier alpha value is -1.36. The van der Waals surface area contributed by atoms with Gasteiger partial charge in [-0.3, -0.25) is 0 Å². The van der Waals surface area contributed by atoms with Crippen molar-refractivity contribution in [2.45, 2.75) is 6.92 Å². The van der Waals surface area contributed by atoms with E-state index in [4.69, 9.17) is 10.8 Å². The molecule has 0 spiro atoms. The standard InChI is InChI=1S/C7H8N2O2S/c1-2-4(6(10)11)5-3-12-7(8)9-5/h2-3H,1H3,(H2,8,9)(H,10,11). The zero-order valence-corrected chi connectivity index (χ0v) is 7.26. The Balaban J connectivity index is 3.04. The third kappa shape index (κ3) is 1.62. The minimum Gasteiger partial charge on any atom is -0.478 e. The molecule has 12 heavy (non-hydrogen) atoms. The van der Waals surface area contributed by atoms with Crippen LogP contribution in [0.25, 0.3) is 5.57 Å². The highest BCUT2D eigenvalue weighted by molar-refractivity contribution is 7.13. The number of carbonyl (C=O) groups is 1. The molecule has 0 aromatic carbocycles. The summed E-state index contributed by atoms with van der Waals surface area (Å²) in [6, 6.07) is 0. The molecule has 1 aromatic rings. The van der Waals surface area contributed by atoms with Crippen LogP contribution >= 0.6 is 11.3 Å². The second kappa shape index (κ2) is 3.36. The van der Waals surface area contributed by atoms with E-state index in [2.05, 4.69) is 4.98 Å². The van der Waals surface area contributed by atoms with Crippen LogP contribution in [0.15, 0.2) is 11.5 Å². The number of nitrogens with two attached hydrogens (primary N) is 1. The van der Waals surface area contributed by atoms with Crippen LogP contribution in [0.1, 0.15) is 12.6 Å². The van der Waals surface area contributed by atoms with Gasteiger partial charge in [0.05, 0.1) is 11.3 Å². The van der Waals surface area contributed by atoms with E-state index in [-0.39, 0.29) is 5.57 Å². The molecule has 0 saturated heterocycles. The molecule has 1 aromatic heterocycles. The molecule has 0 aliphatic carbocycles. The summed E-state index contributed by atoms with van der Waals surface area (Å²) < 4.78 is 0. The van der Waals surface area contributed by atoms with Crippen molar-refractivity contribution in [1.29, 1.82) is 0 Å². The number of carboxylic acid groups (broad SMARTS) is 1. The Labute approximate surface area is 73.4 Å². The minimum atomic E-state index is -0.984. The molecule has 0 bridgehead atoms. The summed E-state index contributed by atoms with van der Waals surface area (Å²) in [5.74, 6) is -0.984. The van der Waals surface area contributed by atoms with Crippen LogP contribution < -0.4 is 5.73 Å². The van der Waals surface area contributed by atoms with Gasteiger partial charge in [-0.15, -0.1) is 11.3 Å². The Kier molecular flexibility index (Phi) is 2.44. The quantitative estimate of drug-likeness (QED) is 0.677. The van der Waals surface area contributed by atoms with Gasteiger partial charge in [-0.05, 0) is 6.92 Å². The lowest BCUT2D eigenvalue weighted by Gasteiger charge is -1.93. The largest absolute Gasteiger partial charge is 0.478 e. The summed E-state index contributed by atoms with van der Waals surface area (Å²) >= 11 is 1.23. The summed E-state index contributed by atoms with van der Waals surface area (Å²) in [7, 11) is 0. The number of anilines is 1. The van der Waals surface area contributed by atoms with Crippen molar-refractivity contribution in [3.63, 3.8) is 0 Å². The van der Waals surface area contributed by atoms with E-state index in [0.29, 0.717) is 10.8 Å². The second-order valence-corrected chi connectivity index (χ2v) is 2.97. The summed E-state index contributed by atoms with van der Waals surface area (Å²) in [6.45, 7) is 1.65. The van der Waals surface area contributed by atoms with Crippen LogP contribution in [0.5, 0.6) is 0 Å². The van der Waals surface area contributed by atoms with E-state index < -0.39 is 5.97 Å². The van der Waals surface area contributed by atoms with Gasteiger partial charge < -0.3 is 10.8 Å². The minimum absolute atomic E-state index is 0.183. The average Bonchev–Trinajstić information content (AvgIpc) is 2.37. The van der Waals surface area contributed by atoms with Crippen LogP contribution in [0.4, 0.5) is 5.13 Å². The number of carboxylic acids is 1. The van der Waals surface area contributed by atoms with Crippen molar-refractivity contribution >= 4 is 28.0 Å². The van der Waals surface area contributed by atoms with Crippen LogP contribution in [-0.4, -0.2) is 16.1 Å². The van der Waals surface area contributed by atoms with Crippen LogP contribution in [0.2, 0.25) is 0 Å². The maximum Gasteiger partial charge on any atom is 0.337 e. The highest BCUT2D eigenvalue weighted by atomic mass is 32.1. The molecule has 4 nitrogen and oxygen atoms in total. The maximum absolute atomic E-state index is 10.6. The third-order valence-corrected chi connectivity index (χ3v) is 1.99. The number of nitrogens with zero attached hydrogens (tertiary/aromatic N) is 1. The SMILES string of the molecule is CC=C(C(=O)O)c1csc(N)n1. The fourth-order valence-corrected chi connectivity index (χ4v) is 1.36. The van der Waals surface area contributed by atoms with Gasteiger partial charge in [0.2, 0.25) is 0 Å². The Morgan fingerprint density at radius 2 is 2.50 bits per heavy atom. The number of hydrogen-bond donors (Lipinski definition) is 2. The summed E-state index contributed by atoms with van der Waals surface area (Å²) in [5.41, 5.74) is 5.97. The molecule has 0 amide bonds. The second-order valence-electron chi connectivity index (χ2n) is 2.08. The first-order chi connectivity index (χ1) is 5.65. The van der Waals surface area contributed by atoms with Crippen molar-refractivity contribution in [2.75, 3.05) is 5.73 Å². The first kappa shape index (κ1) is 8.73. The lowest BCUT2D eigenvalue weighted by atomic mass is 10.2. The smallest absolute Gasteiger partial charge is 0.337 e. The normalized spacial score (nSPS) is 11.6. The fraction of sp³-hybridized carbons (Fsp3) is 0.143. The molecular formula is C7H8N2O2S. The number of thiazole rings is 1. The highest BCUT2D eigenvalue weighted by Crippen LogP contribution is 2.18. The zero-order valence-electron chi connectivity index (χ0n) is 6.44. The van der Waals surface area contributed by atoms with Gasteiger partial charge in [0.25, 0.3) is 0 Å². The number of nitrogen functional groups attached to an aromatic ring is 1. The third-order valence-electron chi connectivity index (χ3n) is 1.32. The van der Waals surface area contributed by atoms with Crippen molar-refractivity contribution in [3.8, 4) is 0 Å². The van der Waals surface area contributed by atoms with E-state index >= 15 is 0 Å². The molecule has 0 radical (unpaired) electrons. The van der Waals surface area contributed by atoms with Gasteiger partial charge in [-0.2, -0.15) is 0 Å². The molecule has 1 rings (SSSR count). The van der Waals surface area contributed by atoms with Gasteiger partial charge in [0.1, 0.15) is 0 Å². The first-order valence-electron chi connectivity index (χ1n) is 3.26. The number of rotatable bonds is 2. The monoisotopic (exact) mass is 184 g/mol. The van der Waals surface area contributed by atoms with Gasteiger partial charge in [0.15, 0.2) is 5.13 Å². The van der Waals surface area contributed by atoms with Gasteiger partial charge in [-0.25, -0.2) is 9.78 Å². The van der Waals surface area contributed by atoms with E-state index in [9.17, 15) is 4.79 Å². The molecule has 0 atom stereocenters. The number of hydrogen-bond acceptors (Lipinski definition) is 4. The van der Waals surface area contributed by atoms with Gasteiger partial charge in [-0.1, -0.05) is 6.08 Å². The fourth-order valence-electron chi connectivity index (χ4n) is 0.792. The number of allylic oxidation sites excluding steroid dienone is 1. The van der Waals surface area contributed by atoms with Crippen molar-refractivity contribution in [1.82, 2.24) is 4.98 Å². The number of aromatic nitrogens is 1. The molecule has 0 fully saturated rings. The Morgan fingerprint density at radius 3 is 2.83 bits per heavy atom. The van der Waals surface area contributed by atoms with Crippen molar-refractivity contribution in [2.24, 2.45) is 0 Å². The topological polar surface area (TPSA) is 76.2 Å². The molecule has 0 aliphatic rings. The maximum atomic E-state index is 10.6. The molecule has 0 unspecified atom stereocenters. The zero-order chi connectivity index (χ0) is 9.14. The van der Waals surface area contributed by atoms with E-state index in [1.54, 1.807) is 12.3 Å². The van der Waals surface area contributed by atoms with Crippen molar-refractivity contribution in [3.05, 3.63) is 17.2 Å². The summed E-state index contributed by atoms with van der Waals surface area (Å²) in [6.07, 6.45) is 1.50. The lowest BCUT2D eigenvalue weighted by Crippen LogP contribution is -1.99.